The van der Waals surface area contributed by atoms with Crippen molar-refractivity contribution >= 4 is 35.6 Å². The molecule has 1 saturated heterocycles. The van der Waals surface area contributed by atoms with E-state index in [0.29, 0.717) is 0 Å². The average Bonchev–Trinajstić information content (AvgIpc) is 3.23. The first-order valence-corrected chi connectivity index (χ1v) is 23.7. The number of methoxy groups -OCH3 is 1. The van der Waals surface area contributed by atoms with E-state index in [1.807, 2.05) is 26.8 Å². The van der Waals surface area contributed by atoms with E-state index in [2.05, 4.69) is 51.2 Å². The number of hydrogen-bond donors (Lipinski definition) is 5. The van der Waals surface area contributed by atoms with Crippen molar-refractivity contribution in [1.29, 1.82) is 0 Å². The minimum Gasteiger partial charge on any atom is -0.469 e. The lowest BCUT2D eigenvalue weighted by molar-refractivity contribution is -0.269. The van der Waals surface area contributed by atoms with Crippen molar-refractivity contribution in [2.45, 2.75) is 196 Å². The third-order valence-electron chi connectivity index (χ3n) is 11.7. The summed E-state index contributed by atoms with van der Waals surface area (Å²) in [5.41, 5.74) is 17.1. The molecule has 1 heterocycles. The van der Waals surface area contributed by atoms with Gasteiger partial charge in [-0.15, -0.1) is 0 Å². The largest absolute Gasteiger partial charge is 0.469 e. The van der Waals surface area contributed by atoms with Crippen molar-refractivity contribution in [2.24, 2.45) is 23.3 Å². The summed E-state index contributed by atoms with van der Waals surface area (Å²) in [5.74, 6) is -4.19. The fraction of sp³-hybridized carbons (Fsp3) is 0.720. The summed E-state index contributed by atoms with van der Waals surface area (Å²) in [6.45, 7) is 21.2. The monoisotopic (exact) mass is 948 g/mol. The number of hydrogen-bond acceptors (Lipinski definition) is 13. The van der Waals surface area contributed by atoms with Crippen LogP contribution in [0.15, 0.2) is 46.6 Å². The van der Waals surface area contributed by atoms with E-state index in [1.165, 1.54) is 49.5 Å². The van der Waals surface area contributed by atoms with E-state index in [1.54, 1.807) is 13.8 Å². The number of nitrogens with one attached hydrogen (secondary N) is 1. The Morgan fingerprint density at radius 1 is 0.776 bits per heavy atom. The Kier molecular flexibility index (Phi) is 27.9. The van der Waals surface area contributed by atoms with E-state index in [4.69, 9.17) is 30.4 Å². The maximum absolute atomic E-state index is 13.9. The van der Waals surface area contributed by atoms with Gasteiger partial charge in [-0.05, 0) is 105 Å². The predicted octanol–water partition coefficient (Wildman–Crippen LogP) is 4.91. The van der Waals surface area contributed by atoms with Gasteiger partial charge in [0.2, 0.25) is 23.6 Å². The Morgan fingerprint density at radius 3 is 1.81 bits per heavy atom. The number of aliphatic hydroxyl groups excluding tert-OH is 2. The van der Waals surface area contributed by atoms with Gasteiger partial charge in [0.25, 0.3) is 0 Å². The summed E-state index contributed by atoms with van der Waals surface area (Å²) in [6, 6.07) is -4.66. The lowest BCUT2D eigenvalue weighted by Gasteiger charge is -2.44. The number of amides is 4. The standard InChI is InChI=1S/C50H85N5O12/c1-30(2)17-14-18-33(7)19-15-20-34(8)21-16-22-35(9)25-26-54(38(12)57)40(27-31(3)4)49(62)65-29-41-45(59)46(44(50(63)67-41)53-37(11)56)66-36(10)28-55(48(61)43(51)32(5)6)39(47(52)60)23-24-42(58)64-13/h17,19,21,25,31-32,36,39-41,43-46,50,59,63H,14-16,18,20,22-24,26-29,51H2,1-13H3,(H2,52,60)(H,53,56)/b33-19+,34-21+,35-25+/t36?,39-,40+,41-,43+,44-,45-,46-,50+/m1/s1. The maximum Gasteiger partial charge on any atom is 0.328 e. The number of esters is 2. The first-order valence-electron chi connectivity index (χ1n) is 23.7. The van der Waals surface area contributed by atoms with Gasteiger partial charge in [0.05, 0.1) is 19.3 Å². The van der Waals surface area contributed by atoms with Gasteiger partial charge in [-0.25, -0.2) is 4.79 Å². The number of aliphatic hydroxyl groups is 2. The van der Waals surface area contributed by atoms with Crippen LogP contribution >= 0.6 is 0 Å². The molecule has 67 heavy (non-hydrogen) atoms. The van der Waals surface area contributed by atoms with Crippen LogP contribution < -0.4 is 16.8 Å². The zero-order valence-corrected chi connectivity index (χ0v) is 42.7. The number of carbonyl (C=O) groups excluding carboxylic acids is 6. The Bertz CT molecular complexity index is 1740. The number of carbonyl (C=O) groups is 6. The van der Waals surface area contributed by atoms with E-state index in [-0.39, 0.29) is 50.1 Å². The Morgan fingerprint density at radius 2 is 1.33 bits per heavy atom. The van der Waals surface area contributed by atoms with Crippen molar-refractivity contribution in [3.8, 4) is 0 Å². The van der Waals surface area contributed by atoms with Gasteiger partial charge in [-0.1, -0.05) is 74.3 Å². The Balaban J connectivity index is 3.23. The van der Waals surface area contributed by atoms with Gasteiger partial charge < -0.3 is 55.7 Å². The second-order valence-corrected chi connectivity index (χ2v) is 19.0. The molecule has 0 bridgehead atoms. The summed E-state index contributed by atoms with van der Waals surface area (Å²) >= 11 is 0. The summed E-state index contributed by atoms with van der Waals surface area (Å²) in [5, 5.41) is 25.4. The topological polar surface area (TPSA) is 250 Å². The van der Waals surface area contributed by atoms with Crippen molar-refractivity contribution in [2.75, 3.05) is 26.8 Å². The van der Waals surface area contributed by atoms with Crippen LogP contribution in [0.3, 0.4) is 0 Å². The fourth-order valence-electron chi connectivity index (χ4n) is 7.64. The molecule has 0 aromatic carbocycles. The molecule has 0 spiro atoms. The van der Waals surface area contributed by atoms with Crippen LogP contribution in [0, 0.1) is 11.8 Å². The highest BCUT2D eigenvalue weighted by Crippen LogP contribution is 2.26. The van der Waals surface area contributed by atoms with Crippen LogP contribution in [-0.2, 0) is 47.7 Å². The zero-order chi connectivity index (χ0) is 51.1. The maximum atomic E-state index is 13.9. The molecule has 0 radical (unpaired) electrons. The van der Waals surface area contributed by atoms with Crippen molar-refractivity contribution in [3.63, 3.8) is 0 Å². The van der Waals surface area contributed by atoms with Crippen molar-refractivity contribution in [3.05, 3.63) is 46.6 Å². The SMILES string of the molecule is COC(=O)CC[C@H](C(N)=O)N(CC(C)O[C@H]1[C@H](O)[C@@H](COC(=O)[C@H](CC(C)C)N(C/C=C(\C)CC/C=C(\C)CC/C=C(\C)CCC=C(C)C)C(C)=O)O[C@H](O)[C@@H]1NC(C)=O)C(=O)[C@@H](N)C(C)C. The number of ether oxygens (including phenoxy) is 4. The number of primary amides is 1. The molecule has 0 aliphatic carbocycles. The highest BCUT2D eigenvalue weighted by molar-refractivity contribution is 5.89. The number of rotatable bonds is 29. The number of nitrogens with two attached hydrogens (primary N) is 2. The van der Waals surface area contributed by atoms with E-state index >= 15 is 0 Å². The molecular formula is C50H85N5O12. The normalized spacial score (nSPS) is 20.9. The van der Waals surface area contributed by atoms with Crippen LogP contribution in [0.4, 0.5) is 0 Å². The smallest absolute Gasteiger partial charge is 0.328 e. The molecular weight excluding hydrogens is 863 g/mol. The second-order valence-electron chi connectivity index (χ2n) is 19.0. The third kappa shape index (κ3) is 22.5. The van der Waals surface area contributed by atoms with Gasteiger partial charge in [-0.3, -0.25) is 24.0 Å². The molecule has 0 aromatic heterocycles. The zero-order valence-electron chi connectivity index (χ0n) is 42.7. The summed E-state index contributed by atoms with van der Waals surface area (Å²) in [4.78, 5) is 80.3. The molecule has 1 aliphatic rings. The van der Waals surface area contributed by atoms with Crippen molar-refractivity contribution in [1.82, 2.24) is 15.1 Å². The van der Waals surface area contributed by atoms with Gasteiger partial charge in [0, 0.05) is 33.4 Å². The van der Waals surface area contributed by atoms with Gasteiger partial charge in [0.1, 0.15) is 43.0 Å². The average molecular weight is 948 g/mol. The molecule has 1 fully saturated rings. The van der Waals surface area contributed by atoms with Gasteiger partial charge in [0.15, 0.2) is 6.29 Å². The van der Waals surface area contributed by atoms with Crippen LogP contribution in [-0.4, -0.2) is 137 Å². The van der Waals surface area contributed by atoms with Crippen molar-refractivity contribution < 1.29 is 57.9 Å². The number of nitrogens with zero attached hydrogens (tertiary/aromatic N) is 2. The minimum absolute atomic E-state index is 0.0132. The molecule has 4 amide bonds. The van der Waals surface area contributed by atoms with Crippen LogP contribution in [0.5, 0.6) is 0 Å². The van der Waals surface area contributed by atoms with E-state index in [0.717, 1.165) is 49.0 Å². The van der Waals surface area contributed by atoms with Gasteiger partial charge in [-0.2, -0.15) is 0 Å². The highest BCUT2D eigenvalue weighted by atomic mass is 16.6. The molecule has 0 aromatic rings. The summed E-state index contributed by atoms with van der Waals surface area (Å²) in [7, 11) is 1.19. The molecule has 9 atom stereocenters. The molecule has 382 valence electrons. The van der Waals surface area contributed by atoms with Gasteiger partial charge >= 0.3 is 11.9 Å². The summed E-state index contributed by atoms with van der Waals surface area (Å²) in [6.07, 6.45) is 7.19. The lowest BCUT2D eigenvalue weighted by Crippen LogP contribution is -2.66. The molecule has 0 saturated carbocycles. The minimum atomic E-state index is -1.76. The van der Waals surface area contributed by atoms with Crippen LogP contribution in [0.1, 0.15) is 141 Å². The molecule has 1 unspecified atom stereocenters. The van der Waals surface area contributed by atoms with E-state index in [9.17, 15) is 39.0 Å². The predicted molar refractivity (Wildman–Crippen MR) is 258 cm³/mol. The molecule has 1 rings (SSSR count). The third-order valence-corrected chi connectivity index (χ3v) is 11.7. The Hall–Kier alpha value is -4.42. The lowest BCUT2D eigenvalue weighted by atomic mass is 9.96. The molecule has 17 nitrogen and oxygen atoms in total. The van der Waals surface area contributed by atoms with Crippen LogP contribution in [0.25, 0.3) is 0 Å². The second kappa shape index (κ2) is 30.9. The molecule has 17 heteroatoms. The fourth-order valence-corrected chi connectivity index (χ4v) is 7.64. The van der Waals surface area contributed by atoms with Crippen LogP contribution in [0.2, 0.25) is 0 Å². The first-order chi connectivity index (χ1) is 31.3. The van der Waals surface area contributed by atoms with E-state index < -0.39 is 91.1 Å². The summed E-state index contributed by atoms with van der Waals surface area (Å²) < 4.78 is 22.4. The molecule has 1 aliphatic heterocycles. The first kappa shape index (κ1) is 60.6. The highest BCUT2D eigenvalue weighted by Gasteiger charge is 2.48. The number of allylic oxidation sites excluding steroid dienone is 7. The Labute approximate surface area is 400 Å². The molecule has 7 N–H and O–H groups in total. The quantitative estimate of drug-likeness (QED) is 0.0495.